The van der Waals surface area contributed by atoms with Crippen LogP contribution in [0.25, 0.3) is 0 Å². The maximum Gasteiger partial charge on any atom is 0.410 e. The topological polar surface area (TPSA) is 67.7 Å². The Balaban J connectivity index is 1.80. The van der Waals surface area contributed by atoms with Crippen molar-refractivity contribution in [3.8, 4) is 0 Å². The van der Waals surface area contributed by atoms with Crippen LogP contribution in [0.4, 0.5) is 4.79 Å². The molecule has 1 saturated heterocycles. The quantitative estimate of drug-likeness (QED) is 0.784. The van der Waals surface area contributed by atoms with E-state index in [1.54, 1.807) is 29.0 Å². The van der Waals surface area contributed by atoms with Crippen LogP contribution in [-0.2, 0) is 11.8 Å². The van der Waals surface area contributed by atoms with Gasteiger partial charge in [-0.3, -0.25) is 14.4 Å². The van der Waals surface area contributed by atoms with E-state index < -0.39 is 5.60 Å². The number of hydrogen-bond donors (Lipinski definition) is 0. The zero-order valence-corrected chi connectivity index (χ0v) is 13.7. The maximum absolute atomic E-state index is 12.1. The van der Waals surface area contributed by atoms with Crippen molar-refractivity contribution in [3.05, 3.63) is 18.0 Å². The first kappa shape index (κ1) is 16.5. The molecule has 1 aromatic rings. The number of nitrogens with zero attached hydrogens (tertiary/aromatic N) is 4. The van der Waals surface area contributed by atoms with Crippen molar-refractivity contribution < 1.29 is 14.3 Å². The van der Waals surface area contributed by atoms with E-state index in [1.165, 1.54) is 0 Å². The highest BCUT2D eigenvalue weighted by Gasteiger charge is 2.26. The number of carbonyl (C=O) groups is 2. The monoisotopic (exact) mass is 308 g/mol. The van der Waals surface area contributed by atoms with Crippen molar-refractivity contribution in [2.75, 3.05) is 32.7 Å². The van der Waals surface area contributed by atoms with Crippen LogP contribution in [0.1, 0.15) is 31.1 Å². The molecule has 1 aromatic heterocycles. The van der Waals surface area contributed by atoms with Crippen molar-refractivity contribution in [2.45, 2.75) is 26.4 Å². The number of aryl methyl sites for hydroxylation is 1. The fourth-order valence-corrected chi connectivity index (χ4v) is 2.27. The van der Waals surface area contributed by atoms with Crippen LogP contribution in [0, 0.1) is 0 Å². The third-order valence-corrected chi connectivity index (χ3v) is 3.42. The fourth-order valence-electron chi connectivity index (χ4n) is 2.27. The van der Waals surface area contributed by atoms with E-state index in [4.69, 9.17) is 4.74 Å². The number of aromatic nitrogens is 2. The molecule has 2 heterocycles. The van der Waals surface area contributed by atoms with Gasteiger partial charge in [0.15, 0.2) is 5.78 Å². The average Bonchev–Trinajstić information content (AvgIpc) is 2.84. The van der Waals surface area contributed by atoms with Crippen molar-refractivity contribution >= 4 is 11.9 Å². The van der Waals surface area contributed by atoms with Gasteiger partial charge >= 0.3 is 6.09 Å². The lowest BCUT2D eigenvalue weighted by Crippen LogP contribution is -2.51. The van der Waals surface area contributed by atoms with Gasteiger partial charge in [0.2, 0.25) is 0 Å². The van der Waals surface area contributed by atoms with Crippen molar-refractivity contribution in [1.29, 1.82) is 0 Å². The summed E-state index contributed by atoms with van der Waals surface area (Å²) in [5.41, 5.74) is 0.141. The highest BCUT2D eigenvalue weighted by Crippen LogP contribution is 2.12. The average molecular weight is 308 g/mol. The Hall–Kier alpha value is -1.89. The van der Waals surface area contributed by atoms with Crippen LogP contribution in [0.2, 0.25) is 0 Å². The number of ether oxygens (including phenoxy) is 1. The third kappa shape index (κ3) is 4.56. The van der Waals surface area contributed by atoms with Crippen LogP contribution in [0.15, 0.2) is 12.4 Å². The maximum atomic E-state index is 12.1. The van der Waals surface area contributed by atoms with Crippen LogP contribution in [-0.4, -0.2) is 69.8 Å². The summed E-state index contributed by atoms with van der Waals surface area (Å²) >= 11 is 0. The van der Waals surface area contributed by atoms with Crippen LogP contribution < -0.4 is 0 Å². The second kappa shape index (κ2) is 6.48. The molecule has 0 N–H and O–H groups in total. The molecule has 0 aliphatic carbocycles. The molecule has 122 valence electrons. The van der Waals surface area contributed by atoms with Crippen LogP contribution in [0.3, 0.4) is 0 Å². The minimum Gasteiger partial charge on any atom is -0.444 e. The molecule has 0 unspecified atom stereocenters. The number of amides is 1. The summed E-state index contributed by atoms with van der Waals surface area (Å²) in [5.74, 6) is 0.0545. The Morgan fingerprint density at radius 3 is 2.36 bits per heavy atom. The smallest absolute Gasteiger partial charge is 0.410 e. The fraction of sp³-hybridized carbons (Fsp3) is 0.667. The Morgan fingerprint density at radius 2 is 1.86 bits per heavy atom. The molecule has 22 heavy (non-hydrogen) atoms. The molecule has 1 aliphatic heterocycles. The molecule has 1 fully saturated rings. The van der Waals surface area contributed by atoms with Gasteiger partial charge in [-0.05, 0) is 20.8 Å². The van der Waals surface area contributed by atoms with Gasteiger partial charge in [-0.1, -0.05) is 0 Å². The van der Waals surface area contributed by atoms with Gasteiger partial charge in [0.1, 0.15) is 5.60 Å². The molecule has 1 aliphatic rings. The van der Waals surface area contributed by atoms with Gasteiger partial charge in [0.25, 0.3) is 0 Å². The van der Waals surface area contributed by atoms with E-state index in [0.717, 1.165) is 0 Å². The van der Waals surface area contributed by atoms with Crippen molar-refractivity contribution in [1.82, 2.24) is 19.6 Å². The molecule has 7 heteroatoms. The SMILES string of the molecule is Cn1cc(C(=O)CN2CCN(C(=O)OC(C)(C)C)CC2)cn1. The summed E-state index contributed by atoms with van der Waals surface area (Å²) in [6.07, 6.45) is 3.02. The first-order valence-corrected chi connectivity index (χ1v) is 7.47. The molecule has 0 aromatic carbocycles. The van der Waals surface area contributed by atoms with Gasteiger partial charge in [0.05, 0.1) is 18.3 Å². The molecule has 1 amide bonds. The predicted octanol–water partition coefficient (Wildman–Crippen LogP) is 1.16. The summed E-state index contributed by atoms with van der Waals surface area (Å²) in [7, 11) is 1.79. The number of rotatable bonds is 3. The Bertz CT molecular complexity index is 539. The molecule has 0 bridgehead atoms. The van der Waals surface area contributed by atoms with Gasteiger partial charge in [0, 0.05) is 39.4 Å². The van der Waals surface area contributed by atoms with Gasteiger partial charge < -0.3 is 9.64 Å². The van der Waals surface area contributed by atoms with E-state index >= 15 is 0 Å². The zero-order chi connectivity index (χ0) is 16.3. The van der Waals surface area contributed by atoms with E-state index in [-0.39, 0.29) is 11.9 Å². The molecule has 0 spiro atoms. The summed E-state index contributed by atoms with van der Waals surface area (Å²) < 4.78 is 6.97. The molecule has 7 nitrogen and oxygen atoms in total. The van der Waals surface area contributed by atoms with E-state index in [2.05, 4.69) is 10.00 Å². The summed E-state index contributed by atoms with van der Waals surface area (Å²) in [6, 6.07) is 0. The number of carbonyl (C=O) groups excluding carboxylic acids is 2. The Labute approximate surface area is 130 Å². The summed E-state index contributed by atoms with van der Waals surface area (Å²) in [6.45, 7) is 8.42. The zero-order valence-electron chi connectivity index (χ0n) is 13.7. The van der Waals surface area contributed by atoms with Gasteiger partial charge in [-0.25, -0.2) is 4.79 Å². The lowest BCUT2D eigenvalue weighted by molar-refractivity contribution is 0.0149. The first-order valence-electron chi connectivity index (χ1n) is 7.47. The molecule has 0 atom stereocenters. The second-order valence-electron chi connectivity index (χ2n) is 6.57. The molecular formula is C15H24N4O3. The third-order valence-electron chi connectivity index (χ3n) is 3.42. The molecule has 0 saturated carbocycles. The number of hydrogen-bond acceptors (Lipinski definition) is 5. The highest BCUT2D eigenvalue weighted by atomic mass is 16.6. The Morgan fingerprint density at radius 1 is 1.23 bits per heavy atom. The lowest BCUT2D eigenvalue weighted by Gasteiger charge is -2.35. The van der Waals surface area contributed by atoms with Gasteiger partial charge in [-0.15, -0.1) is 0 Å². The minimum absolute atomic E-state index is 0.0545. The standard InChI is InChI=1S/C15H24N4O3/c1-15(2,3)22-14(21)19-7-5-18(6-8-19)11-13(20)12-9-16-17(4)10-12/h9-10H,5-8,11H2,1-4H3. The summed E-state index contributed by atoms with van der Waals surface area (Å²) in [5, 5.41) is 4.01. The van der Waals surface area contributed by atoms with E-state index in [9.17, 15) is 9.59 Å². The van der Waals surface area contributed by atoms with E-state index in [1.807, 2.05) is 20.8 Å². The minimum atomic E-state index is -0.482. The number of Topliss-reactive ketones (excluding diaryl/α,β-unsaturated/α-hetero) is 1. The number of ketones is 1. The van der Waals surface area contributed by atoms with Crippen LogP contribution in [0.5, 0.6) is 0 Å². The summed E-state index contributed by atoms with van der Waals surface area (Å²) in [4.78, 5) is 27.8. The highest BCUT2D eigenvalue weighted by molar-refractivity contribution is 5.97. The molecule has 0 radical (unpaired) electrons. The molecular weight excluding hydrogens is 284 g/mol. The first-order chi connectivity index (χ1) is 10.2. The molecule has 2 rings (SSSR count). The normalized spacial score (nSPS) is 16.6. The number of piperazine rings is 1. The van der Waals surface area contributed by atoms with Gasteiger partial charge in [-0.2, -0.15) is 5.10 Å². The van der Waals surface area contributed by atoms with Crippen LogP contribution >= 0.6 is 0 Å². The lowest BCUT2D eigenvalue weighted by atomic mass is 10.2. The Kier molecular flexibility index (Phi) is 4.85. The largest absolute Gasteiger partial charge is 0.444 e. The second-order valence-corrected chi connectivity index (χ2v) is 6.57. The predicted molar refractivity (Wildman–Crippen MR) is 81.8 cm³/mol. The van der Waals surface area contributed by atoms with Crippen molar-refractivity contribution in [2.24, 2.45) is 7.05 Å². The van der Waals surface area contributed by atoms with Crippen molar-refractivity contribution in [3.63, 3.8) is 0 Å². The van der Waals surface area contributed by atoms with E-state index in [0.29, 0.717) is 38.3 Å².